The van der Waals surface area contributed by atoms with Gasteiger partial charge in [-0.05, 0) is 36.4 Å². The molecule has 0 aliphatic rings. The van der Waals surface area contributed by atoms with Crippen molar-refractivity contribution in [1.29, 1.82) is 0 Å². The molecule has 0 saturated carbocycles. The Morgan fingerprint density at radius 2 is 1.65 bits per heavy atom. The average Bonchev–Trinajstić information content (AvgIpc) is 3.34. The van der Waals surface area contributed by atoms with E-state index in [1.807, 2.05) is 0 Å². The molecule has 0 fully saturated rings. The zero-order valence-electron chi connectivity index (χ0n) is 16.9. The number of benzene rings is 3. The molecule has 174 valence electrons. The van der Waals surface area contributed by atoms with E-state index in [2.05, 4.69) is 4.72 Å². The van der Waals surface area contributed by atoms with Gasteiger partial charge >= 0.3 is 5.76 Å². The molecule has 0 radical (unpaired) electrons. The van der Waals surface area contributed by atoms with Crippen LogP contribution in [0.2, 0.25) is 5.02 Å². The lowest BCUT2D eigenvalue weighted by molar-refractivity contribution is 0.484. The molecule has 0 atom stereocenters. The molecule has 34 heavy (non-hydrogen) atoms. The first kappa shape index (κ1) is 22.2. The third kappa shape index (κ3) is 3.86. The molecule has 3 aromatic carbocycles. The molecule has 3 N–H and O–H groups in total. The van der Waals surface area contributed by atoms with Gasteiger partial charge in [-0.3, -0.25) is 4.72 Å². The third-order valence-electron chi connectivity index (χ3n) is 4.99. The Bertz CT molecular complexity index is 1840. The number of oxazole rings is 1. The highest BCUT2D eigenvalue weighted by atomic mass is 35.5. The topological polar surface area (TPSA) is 155 Å². The summed E-state index contributed by atoms with van der Waals surface area (Å²) in [6.45, 7) is 0. The first-order valence-corrected chi connectivity index (χ1v) is 12.9. The largest absolute Gasteiger partial charge is 0.443 e. The maximum atomic E-state index is 13.1. The van der Waals surface area contributed by atoms with E-state index in [0.717, 1.165) is 10.6 Å². The van der Waals surface area contributed by atoms with Gasteiger partial charge in [0, 0.05) is 22.5 Å². The number of hydrogen-bond donors (Lipinski definition) is 2. The van der Waals surface area contributed by atoms with E-state index < -0.39 is 25.8 Å². The van der Waals surface area contributed by atoms with Gasteiger partial charge in [0.15, 0.2) is 5.58 Å². The Morgan fingerprint density at radius 3 is 2.38 bits per heavy atom. The van der Waals surface area contributed by atoms with E-state index in [1.54, 1.807) is 24.3 Å². The van der Waals surface area contributed by atoms with Gasteiger partial charge in [-0.2, -0.15) is 8.42 Å². The van der Waals surface area contributed by atoms with Crippen molar-refractivity contribution in [2.75, 3.05) is 4.72 Å². The summed E-state index contributed by atoms with van der Waals surface area (Å²) in [4.78, 5) is 12.4. The molecule has 0 spiro atoms. The van der Waals surface area contributed by atoms with Gasteiger partial charge < -0.3 is 8.83 Å². The van der Waals surface area contributed by atoms with Crippen molar-refractivity contribution in [2.45, 2.75) is 9.99 Å². The quantitative estimate of drug-likeness (QED) is 0.360. The molecular weight excluding hydrogens is 506 g/mol. The van der Waals surface area contributed by atoms with Crippen LogP contribution < -0.4 is 15.6 Å². The molecule has 10 nitrogen and oxygen atoms in total. The lowest BCUT2D eigenvalue weighted by Gasteiger charge is -2.12. The minimum atomic E-state index is -4.21. The van der Waals surface area contributed by atoms with E-state index in [4.69, 9.17) is 25.6 Å². The Morgan fingerprint density at radius 1 is 0.882 bits per heavy atom. The fraction of sp³-hybridized carbons (Fsp3) is 0. The minimum Gasteiger partial charge on any atom is -0.443 e. The summed E-state index contributed by atoms with van der Waals surface area (Å²) in [5, 5.41) is 5.60. The lowest BCUT2D eigenvalue weighted by Crippen LogP contribution is -2.17. The van der Waals surface area contributed by atoms with Crippen molar-refractivity contribution in [3.8, 4) is 5.69 Å². The van der Waals surface area contributed by atoms with Gasteiger partial charge in [0.05, 0.1) is 21.8 Å². The molecule has 0 unspecified atom stereocenters. The first-order valence-electron chi connectivity index (χ1n) is 9.53. The van der Waals surface area contributed by atoms with Crippen molar-refractivity contribution >= 4 is 59.4 Å². The monoisotopic (exact) mass is 519 g/mol. The number of rotatable bonds is 5. The summed E-state index contributed by atoms with van der Waals surface area (Å²) >= 11 is 6.10. The second kappa shape index (κ2) is 7.74. The van der Waals surface area contributed by atoms with E-state index >= 15 is 0 Å². The van der Waals surface area contributed by atoms with E-state index in [-0.39, 0.29) is 37.5 Å². The molecule has 0 amide bonds. The number of fused-ring (bicyclic) bond motifs is 2. The molecule has 0 bridgehead atoms. The number of sulfonamides is 2. The zero-order chi connectivity index (χ0) is 24.3. The van der Waals surface area contributed by atoms with Gasteiger partial charge in [-0.25, -0.2) is 22.9 Å². The Labute approximate surface area is 197 Å². The number of hydrogen-bond acceptors (Lipinski definition) is 7. The molecule has 0 saturated heterocycles. The van der Waals surface area contributed by atoms with Crippen LogP contribution in [0.15, 0.2) is 90.3 Å². The lowest BCUT2D eigenvalue weighted by atomic mass is 10.2. The highest BCUT2D eigenvalue weighted by Gasteiger charge is 2.23. The number of aromatic nitrogens is 1. The van der Waals surface area contributed by atoms with Crippen LogP contribution in [-0.4, -0.2) is 21.4 Å². The summed E-state index contributed by atoms with van der Waals surface area (Å²) in [7, 11) is -8.25. The minimum absolute atomic E-state index is 0.0340. The SMILES string of the molecule is NS(=O)(=O)c1ccc2c(c1)oc(=O)n2-c1ccc(Cl)cc1NS(=O)(=O)c1cc2ccccc2o1. The zero-order valence-corrected chi connectivity index (χ0v) is 19.3. The predicted octanol–water partition coefficient (Wildman–Crippen LogP) is 3.43. The summed E-state index contributed by atoms with van der Waals surface area (Å²) in [6.07, 6.45) is 0. The van der Waals surface area contributed by atoms with Crippen molar-refractivity contribution in [1.82, 2.24) is 4.57 Å². The number of primary sulfonamides is 1. The van der Waals surface area contributed by atoms with Crippen LogP contribution in [-0.2, 0) is 20.0 Å². The van der Waals surface area contributed by atoms with Crippen molar-refractivity contribution in [3.05, 3.63) is 82.3 Å². The van der Waals surface area contributed by atoms with Crippen molar-refractivity contribution < 1.29 is 25.7 Å². The average molecular weight is 520 g/mol. The second-order valence-electron chi connectivity index (χ2n) is 7.25. The summed E-state index contributed by atoms with van der Waals surface area (Å²) < 4.78 is 63.5. The standard InChI is InChI=1S/C21H14ClN3O7S2/c22-13-5-7-16(25-17-8-6-14(33(23,27)28)11-19(17)32-21(25)26)15(10-13)24-34(29,30)20-9-12-3-1-2-4-18(12)31-20/h1-11,24H,(H2,23,27,28). The fourth-order valence-electron chi connectivity index (χ4n) is 3.47. The normalized spacial score (nSPS) is 12.4. The second-order valence-corrected chi connectivity index (χ2v) is 10.9. The smallest absolute Gasteiger partial charge is 0.424 e. The van der Waals surface area contributed by atoms with Crippen molar-refractivity contribution in [2.24, 2.45) is 5.14 Å². The van der Waals surface area contributed by atoms with Gasteiger partial charge in [0.1, 0.15) is 5.58 Å². The molecule has 5 rings (SSSR count). The number of anilines is 1. The van der Waals surface area contributed by atoms with Crippen LogP contribution in [0.25, 0.3) is 27.8 Å². The number of furan rings is 1. The van der Waals surface area contributed by atoms with Crippen LogP contribution in [0.5, 0.6) is 0 Å². The van der Waals surface area contributed by atoms with Crippen LogP contribution in [0, 0.1) is 0 Å². The molecule has 0 aliphatic heterocycles. The molecule has 0 aliphatic carbocycles. The number of nitrogens with one attached hydrogen (secondary N) is 1. The van der Waals surface area contributed by atoms with Crippen LogP contribution >= 0.6 is 11.6 Å². The molecule has 2 heterocycles. The summed E-state index contributed by atoms with van der Waals surface area (Å²) in [5.41, 5.74) is 0.572. The Hall–Kier alpha value is -3.58. The van der Waals surface area contributed by atoms with Crippen LogP contribution in [0.1, 0.15) is 0 Å². The number of nitrogens with two attached hydrogens (primary N) is 1. The Kier molecular flexibility index (Phi) is 5.06. The van der Waals surface area contributed by atoms with Crippen LogP contribution in [0.3, 0.4) is 0 Å². The van der Waals surface area contributed by atoms with E-state index in [0.29, 0.717) is 11.0 Å². The van der Waals surface area contributed by atoms with Gasteiger partial charge in [0.2, 0.25) is 15.1 Å². The molecule has 5 aromatic rings. The van der Waals surface area contributed by atoms with Crippen molar-refractivity contribution in [3.63, 3.8) is 0 Å². The number of para-hydroxylation sites is 1. The highest BCUT2D eigenvalue weighted by Crippen LogP contribution is 2.31. The maximum Gasteiger partial charge on any atom is 0.424 e. The maximum absolute atomic E-state index is 13.1. The Balaban J connectivity index is 1.65. The highest BCUT2D eigenvalue weighted by molar-refractivity contribution is 7.92. The molecule has 13 heteroatoms. The van der Waals surface area contributed by atoms with Crippen LogP contribution in [0.4, 0.5) is 5.69 Å². The van der Waals surface area contributed by atoms with E-state index in [9.17, 15) is 21.6 Å². The van der Waals surface area contributed by atoms with Gasteiger partial charge in [-0.15, -0.1) is 0 Å². The predicted molar refractivity (Wildman–Crippen MR) is 125 cm³/mol. The fourth-order valence-corrected chi connectivity index (χ4v) is 5.21. The third-order valence-corrected chi connectivity index (χ3v) is 7.36. The molecular formula is C21H14ClN3O7S2. The summed E-state index contributed by atoms with van der Waals surface area (Å²) in [6, 6.07) is 16.0. The number of halogens is 1. The number of nitrogens with zero attached hydrogens (tertiary/aromatic N) is 1. The summed E-state index contributed by atoms with van der Waals surface area (Å²) in [5.74, 6) is -0.881. The van der Waals surface area contributed by atoms with E-state index in [1.165, 1.54) is 36.4 Å². The van der Waals surface area contributed by atoms with Gasteiger partial charge in [0.25, 0.3) is 10.0 Å². The molecule has 2 aromatic heterocycles. The first-order chi connectivity index (χ1) is 16.0. The van der Waals surface area contributed by atoms with Gasteiger partial charge in [-0.1, -0.05) is 29.8 Å².